The molecule has 1 rings (SSSR count). The molecule has 1 aromatic heterocycles. The molecule has 0 aliphatic rings. The molecule has 0 saturated heterocycles. The van der Waals surface area contributed by atoms with Crippen LogP contribution in [0.3, 0.4) is 0 Å². The van der Waals surface area contributed by atoms with Gasteiger partial charge in [0.1, 0.15) is 0 Å². The smallest absolute Gasteiger partial charge is 0.307 e. The van der Waals surface area contributed by atoms with Crippen molar-refractivity contribution in [2.45, 2.75) is 20.4 Å². The number of hydrogen-bond donors (Lipinski definition) is 1. The maximum absolute atomic E-state index is 10.7. The molecule has 5 heteroatoms. The fraction of sp³-hybridized carbons (Fsp3) is 0.600. The molecule has 1 unspecified atom stereocenters. The predicted octanol–water partition coefficient (Wildman–Crippen LogP) is 1.60. The average Bonchev–Trinajstić information content (AvgIpc) is 2.51. The number of carboxylic acids is 1. The van der Waals surface area contributed by atoms with Crippen molar-refractivity contribution in [3.8, 4) is 0 Å². The van der Waals surface area contributed by atoms with Crippen molar-refractivity contribution in [3.63, 3.8) is 0 Å². The van der Waals surface area contributed by atoms with Gasteiger partial charge < -0.3 is 10.0 Å². The van der Waals surface area contributed by atoms with E-state index in [9.17, 15) is 4.79 Å². The van der Waals surface area contributed by atoms with Crippen LogP contribution in [0.5, 0.6) is 0 Å². The van der Waals surface area contributed by atoms with E-state index in [1.165, 1.54) is 4.88 Å². The van der Waals surface area contributed by atoms with Gasteiger partial charge >= 0.3 is 5.97 Å². The minimum atomic E-state index is -0.747. The summed E-state index contributed by atoms with van der Waals surface area (Å²) in [4.78, 5) is 18.0. The number of thiazole rings is 1. The Kier molecular flexibility index (Phi) is 4.23. The number of hydrogen-bond acceptors (Lipinski definition) is 4. The van der Waals surface area contributed by atoms with Gasteiger partial charge in [-0.15, -0.1) is 11.3 Å². The third-order valence-corrected chi connectivity index (χ3v) is 3.19. The van der Waals surface area contributed by atoms with Gasteiger partial charge in [-0.05, 0) is 14.0 Å². The van der Waals surface area contributed by atoms with Crippen molar-refractivity contribution in [1.29, 1.82) is 0 Å². The molecule has 1 aromatic rings. The summed E-state index contributed by atoms with van der Waals surface area (Å²) in [5, 5.41) is 8.78. The van der Waals surface area contributed by atoms with Gasteiger partial charge in [0, 0.05) is 18.0 Å². The van der Waals surface area contributed by atoms with Crippen LogP contribution in [-0.4, -0.2) is 34.6 Å². The third kappa shape index (κ3) is 3.60. The van der Waals surface area contributed by atoms with Crippen LogP contribution in [0.2, 0.25) is 0 Å². The molecular weight excluding hydrogens is 212 g/mol. The number of rotatable bonds is 5. The van der Waals surface area contributed by atoms with E-state index in [0.717, 1.165) is 12.2 Å². The zero-order chi connectivity index (χ0) is 11.4. The molecule has 15 heavy (non-hydrogen) atoms. The number of nitrogens with zero attached hydrogens (tertiary/aromatic N) is 2. The van der Waals surface area contributed by atoms with Crippen molar-refractivity contribution in [2.24, 2.45) is 5.92 Å². The Morgan fingerprint density at radius 2 is 2.40 bits per heavy atom. The Hall–Kier alpha value is -0.940. The molecule has 0 aliphatic heterocycles. The van der Waals surface area contributed by atoms with Crippen molar-refractivity contribution in [2.75, 3.05) is 13.6 Å². The van der Waals surface area contributed by atoms with Gasteiger partial charge in [0.25, 0.3) is 0 Å². The second kappa shape index (κ2) is 5.23. The van der Waals surface area contributed by atoms with E-state index in [1.807, 2.05) is 24.4 Å². The van der Waals surface area contributed by atoms with Crippen LogP contribution in [-0.2, 0) is 11.3 Å². The Morgan fingerprint density at radius 3 is 2.87 bits per heavy atom. The van der Waals surface area contributed by atoms with E-state index in [4.69, 9.17) is 5.11 Å². The van der Waals surface area contributed by atoms with Crippen LogP contribution < -0.4 is 0 Å². The SMILES string of the molecule is Cc1ncsc1CN(C)CC(C)C(=O)O. The molecular formula is C10H16N2O2S. The lowest BCUT2D eigenvalue weighted by Gasteiger charge is -2.18. The molecule has 0 radical (unpaired) electrons. The second-order valence-electron chi connectivity index (χ2n) is 3.80. The molecule has 84 valence electrons. The Labute approximate surface area is 93.6 Å². The van der Waals surface area contributed by atoms with E-state index in [-0.39, 0.29) is 5.92 Å². The van der Waals surface area contributed by atoms with Crippen molar-refractivity contribution >= 4 is 17.3 Å². The molecule has 4 nitrogen and oxygen atoms in total. The predicted molar refractivity (Wildman–Crippen MR) is 60.0 cm³/mol. The van der Waals surface area contributed by atoms with Crippen LogP contribution in [0.25, 0.3) is 0 Å². The lowest BCUT2D eigenvalue weighted by Crippen LogP contribution is -2.28. The minimum Gasteiger partial charge on any atom is -0.481 e. The first kappa shape index (κ1) is 12.1. The van der Waals surface area contributed by atoms with Gasteiger partial charge in [-0.25, -0.2) is 4.98 Å². The van der Waals surface area contributed by atoms with E-state index in [0.29, 0.717) is 6.54 Å². The van der Waals surface area contributed by atoms with E-state index < -0.39 is 5.97 Å². The Morgan fingerprint density at radius 1 is 1.73 bits per heavy atom. The van der Waals surface area contributed by atoms with Gasteiger partial charge in [-0.3, -0.25) is 4.79 Å². The van der Waals surface area contributed by atoms with Gasteiger partial charge in [0.2, 0.25) is 0 Å². The topological polar surface area (TPSA) is 53.4 Å². The summed E-state index contributed by atoms with van der Waals surface area (Å²) >= 11 is 1.61. The number of carboxylic acid groups (broad SMARTS) is 1. The van der Waals surface area contributed by atoms with Crippen LogP contribution in [0.1, 0.15) is 17.5 Å². The zero-order valence-corrected chi connectivity index (χ0v) is 10.0. The van der Waals surface area contributed by atoms with Crippen LogP contribution in [0.4, 0.5) is 0 Å². The largest absolute Gasteiger partial charge is 0.481 e. The minimum absolute atomic E-state index is 0.330. The molecule has 0 bridgehead atoms. The maximum Gasteiger partial charge on any atom is 0.307 e. The highest BCUT2D eigenvalue weighted by molar-refractivity contribution is 7.09. The fourth-order valence-electron chi connectivity index (χ4n) is 1.33. The quantitative estimate of drug-likeness (QED) is 0.831. The molecule has 0 spiro atoms. The summed E-state index contributed by atoms with van der Waals surface area (Å²) in [5.74, 6) is -1.08. The molecule has 1 N–H and O–H groups in total. The summed E-state index contributed by atoms with van der Waals surface area (Å²) < 4.78 is 0. The van der Waals surface area contributed by atoms with E-state index >= 15 is 0 Å². The van der Waals surface area contributed by atoms with Gasteiger partial charge in [-0.1, -0.05) is 6.92 Å². The molecule has 0 saturated carbocycles. The number of aliphatic carboxylic acids is 1. The molecule has 0 aliphatic carbocycles. The number of carbonyl (C=O) groups is 1. The monoisotopic (exact) mass is 228 g/mol. The van der Waals surface area contributed by atoms with Gasteiger partial charge in [-0.2, -0.15) is 0 Å². The van der Waals surface area contributed by atoms with E-state index in [2.05, 4.69) is 4.98 Å². The molecule has 1 atom stereocenters. The van der Waals surface area contributed by atoms with Crippen molar-refractivity contribution in [3.05, 3.63) is 16.1 Å². The lowest BCUT2D eigenvalue weighted by molar-refractivity contribution is -0.141. The van der Waals surface area contributed by atoms with Gasteiger partial charge in [0.15, 0.2) is 0 Å². The first-order valence-electron chi connectivity index (χ1n) is 4.81. The molecule has 0 amide bonds. The first-order chi connectivity index (χ1) is 7.00. The van der Waals surface area contributed by atoms with Crippen LogP contribution in [0, 0.1) is 12.8 Å². The number of aromatic nitrogens is 1. The fourth-order valence-corrected chi connectivity index (χ4v) is 2.19. The molecule has 1 heterocycles. The Balaban J connectivity index is 2.46. The summed E-state index contributed by atoms with van der Waals surface area (Å²) in [5.41, 5.74) is 2.86. The highest BCUT2D eigenvalue weighted by Gasteiger charge is 2.14. The maximum atomic E-state index is 10.7. The standard InChI is InChI=1S/C10H16N2O2S/c1-7(10(13)14)4-12(3)5-9-8(2)11-6-15-9/h6-7H,4-5H2,1-3H3,(H,13,14). The number of aryl methyl sites for hydroxylation is 1. The summed E-state index contributed by atoms with van der Waals surface area (Å²) in [6, 6.07) is 0. The summed E-state index contributed by atoms with van der Waals surface area (Å²) in [6.07, 6.45) is 0. The zero-order valence-electron chi connectivity index (χ0n) is 9.23. The van der Waals surface area contributed by atoms with Crippen LogP contribution >= 0.6 is 11.3 Å². The highest BCUT2D eigenvalue weighted by atomic mass is 32.1. The Bertz CT molecular complexity index is 338. The highest BCUT2D eigenvalue weighted by Crippen LogP contribution is 2.14. The van der Waals surface area contributed by atoms with Gasteiger partial charge in [0.05, 0.1) is 17.1 Å². The summed E-state index contributed by atoms with van der Waals surface area (Å²) in [6.45, 7) is 5.03. The first-order valence-corrected chi connectivity index (χ1v) is 5.69. The van der Waals surface area contributed by atoms with Crippen molar-refractivity contribution < 1.29 is 9.90 Å². The van der Waals surface area contributed by atoms with Crippen LogP contribution in [0.15, 0.2) is 5.51 Å². The molecule has 0 fully saturated rings. The average molecular weight is 228 g/mol. The normalized spacial score (nSPS) is 13.1. The molecule has 0 aromatic carbocycles. The second-order valence-corrected chi connectivity index (χ2v) is 4.74. The third-order valence-electron chi connectivity index (χ3n) is 2.27. The van der Waals surface area contributed by atoms with E-state index in [1.54, 1.807) is 18.3 Å². The summed E-state index contributed by atoms with van der Waals surface area (Å²) in [7, 11) is 1.93. The van der Waals surface area contributed by atoms with Crippen molar-refractivity contribution in [1.82, 2.24) is 9.88 Å². The lowest BCUT2D eigenvalue weighted by atomic mass is 10.2.